The van der Waals surface area contributed by atoms with Crippen LogP contribution in [-0.2, 0) is 0 Å². The predicted molar refractivity (Wildman–Crippen MR) is 43.7 cm³/mol. The monoisotopic (exact) mass is 172 g/mol. The molecule has 0 saturated heterocycles. The zero-order chi connectivity index (χ0) is 8.43. The van der Waals surface area contributed by atoms with E-state index in [-0.39, 0.29) is 11.0 Å². The van der Waals surface area contributed by atoms with E-state index in [1.54, 1.807) is 0 Å². The van der Waals surface area contributed by atoms with Gasteiger partial charge in [0, 0.05) is 5.56 Å². The molecule has 0 bridgehead atoms. The van der Waals surface area contributed by atoms with Crippen LogP contribution in [0.1, 0.15) is 5.56 Å². The van der Waals surface area contributed by atoms with Crippen LogP contribution in [0.5, 0.6) is 0 Å². The highest BCUT2D eigenvalue weighted by Gasteiger charge is 2.04. The lowest BCUT2D eigenvalue weighted by Gasteiger charge is -1.99. The third-order valence-electron chi connectivity index (χ3n) is 1.20. The van der Waals surface area contributed by atoms with Gasteiger partial charge in [-0.05, 0) is 6.07 Å². The number of pyridine rings is 1. The second-order valence-electron chi connectivity index (χ2n) is 1.94. The fraction of sp³-hybridized carbons (Fsp3) is 0. The average Bonchev–Trinajstić information content (AvgIpc) is 1.97. The Bertz CT molecular complexity index is 299. The Morgan fingerprint density at radius 2 is 2.36 bits per heavy atom. The Balaban J connectivity index is 3.31. The molecule has 11 heavy (non-hydrogen) atoms. The fourth-order valence-corrected chi connectivity index (χ4v) is 0.860. The van der Waals surface area contributed by atoms with Crippen molar-refractivity contribution in [2.24, 2.45) is 0 Å². The number of halogens is 2. The van der Waals surface area contributed by atoms with Gasteiger partial charge >= 0.3 is 0 Å². The lowest BCUT2D eigenvalue weighted by atomic mass is 10.3. The Morgan fingerprint density at radius 1 is 1.73 bits per heavy atom. The normalized spacial score (nSPS) is 9.64. The van der Waals surface area contributed by atoms with Gasteiger partial charge in [0.25, 0.3) is 0 Å². The van der Waals surface area contributed by atoms with Gasteiger partial charge in [-0.15, -0.1) is 0 Å². The first-order chi connectivity index (χ1) is 5.15. The Morgan fingerprint density at radius 3 is 2.91 bits per heavy atom. The van der Waals surface area contributed by atoms with E-state index in [9.17, 15) is 4.39 Å². The van der Waals surface area contributed by atoms with Gasteiger partial charge in [0.05, 0.1) is 0 Å². The first-order valence-electron chi connectivity index (χ1n) is 2.89. The molecule has 4 heteroatoms. The average molecular weight is 173 g/mol. The van der Waals surface area contributed by atoms with Crippen molar-refractivity contribution in [1.29, 1.82) is 0 Å². The molecule has 0 unspecified atom stereocenters. The molecule has 0 saturated carbocycles. The largest absolute Gasteiger partial charge is 0.381 e. The Hall–Kier alpha value is -1.09. The molecule has 0 aliphatic carbocycles. The van der Waals surface area contributed by atoms with Crippen molar-refractivity contribution >= 4 is 23.5 Å². The minimum Gasteiger partial charge on any atom is -0.381 e. The zero-order valence-electron chi connectivity index (χ0n) is 5.64. The van der Waals surface area contributed by atoms with E-state index in [1.807, 2.05) is 0 Å². The molecule has 0 spiro atoms. The summed E-state index contributed by atoms with van der Waals surface area (Å²) in [6.07, 6.45) is 1.41. The zero-order valence-corrected chi connectivity index (χ0v) is 6.40. The van der Waals surface area contributed by atoms with E-state index in [4.69, 9.17) is 17.3 Å². The van der Waals surface area contributed by atoms with Crippen molar-refractivity contribution in [3.63, 3.8) is 0 Å². The quantitative estimate of drug-likeness (QED) is 0.659. The third-order valence-corrected chi connectivity index (χ3v) is 1.51. The van der Waals surface area contributed by atoms with Gasteiger partial charge in [-0.25, -0.2) is 9.37 Å². The van der Waals surface area contributed by atoms with Crippen molar-refractivity contribution in [3.05, 3.63) is 29.2 Å². The van der Waals surface area contributed by atoms with Crippen molar-refractivity contribution < 1.29 is 4.39 Å². The number of rotatable bonds is 1. The molecule has 1 aromatic heterocycles. The Labute approximate surface area is 68.5 Å². The Kier molecular flexibility index (Phi) is 2.10. The molecule has 0 aromatic carbocycles. The van der Waals surface area contributed by atoms with Gasteiger partial charge in [-0.2, -0.15) is 0 Å². The predicted octanol–water partition coefficient (Wildman–Crippen LogP) is 2.10. The molecule has 1 rings (SSSR count). The van der Waals surface area contributed by atoms with Gasteiger partial charge in [0.15, 0.2) is 11.6 Å². The first-order valence-corrected chi connectivity index (χ1v) is 3.27. The maximum Gasteiger partial charge on any atom is 0.165 e. The molecule has 0 amide bonds. The minimum atomic E-state index is -0.579. The van der Waals surface area contributed by atoms with Gasteiger partial charge in [0.1, 0.15) is 5.15 Å². The standard InChI is InChI=1S/C7H6ClFN2/c1-2-4-3-5(9)7(10)11-6(4)8/h2-3H,1H2,(H2,10,11). The van der Waals surface area contributed by atoms with Crippen molar-refractivity contribution in [3.8, 4) is 0 Å². The van der Waals surface area contributed by atoms with Crippen molar-refractivity contribution in [2.75, 3.05) is 5.73 Å². The van der Waals surface area contributed by atoms with E-state index in [0.717, 1.165) is 0 Å². The van der Waals surface area contributed by atoms with Crippen LogP contribution in [0.2, 0.25) is 5.15 Å². The molecule has 0 radical (unpaired) electrons. The summed E-state index contributed by atoms with van der Waals surface area (Å²) in [7, 11) is 0. The van der Waals surface area contributed by atoms with Crippen molar-refractivity contribution in [2.45, 2.75) is 0 Å². The van der Waals surface area contributed by atoms with E-state index in [1.165, 1.54) is 12.1 Å². The number of hydrogen-bond acceptors (Lipinski definition) is 2. The van der Waals surface area contributed by atoms with Crippen LogP contribution in [0.3, 0.4) is 0 Å². The molecule has 0 aliphatic heterocycles. The molecule has 2 nitrogen and oxygen atoms in total. The van der Waals surface area contributed by atoms with Gasteiger partial charge < -0.3 is 5.73 Å². The molecule has 0 atom stereocenters. The second kappa shape index (κ2) is 2.88. The summed E-state index contributed by atoms with van der Waals surface area (Å²) < 4.78 is 12.7. The van der Waals surface area contributed by atoms with Crippen LogP contribution in [-0.4, -0.2) is 4.98 Å². The summed E-state index contributed by atoms with van der Waals surface area (Å²) in [4.78, 5) is 3.54. The van der Waals surface area contributed by atoms with E-state index in [0.29, 0.717) is 5.56 Å². The highest BCUT2D eigenvalue weighted by Crippen LogP contribution is 2.18. The summed E-state index contributed by atoms with van der Waals surface area (Å²) in [6.45, 7) is 3.43. The molecule has 0 aliphatic rings. The lowest BCUT2D eigenvalue weighted by molar-refractivity contribution is 0.627. The summed E-state index contributed by atoms with van der Waals surface area (Å²) in [5.41, 5.74) is 5.58. The maximum absolute atomic E-state index is 12.7. The number of nitrogens with zero attached hydrogens (tertiary/aromatic N) is 1. The van der Waals surface area contributed by atoms with E-state index in [2.05, 4.69) is 11.6 Å². The number of aromatic nitrogens is 1. The molecule has 1 aromatic rings. The van der Waals surface area contributed by atoms with Crippen LogP contribution >= 0.6 is 11.6 Å². The molecular formula is C7H6ClFN2. The lowest BCUT2D eigenvalue weighted by Crippen LogP contribution is -1.96. The van der Waals surface area contributed by atoms with Gasteiger partial charge in [0.2, 0.25) is 0 Å². The number of anilines is 1. The molecule has 58 valence electrons. The summed E-state index contributed by atoms with van der Waals surface area (Å²) in [6, 6.07) is 1.19. The molecule has 0 fully saturated rings. The van der Waals surface area contributed by atoms with Crippen LogP contribution in [0.4, 0.5) is 10.2 Å². The fourth-order valence-electron chi connectivity index (χ4n) is 0.637. The SMILES string of the molecule is C=Cc1cc(F)c(N)nc1Cl. The van der Waals surface area contributed by atoms with Crippen molar-refractivity contribution in [1.82, 2.24) is 4.98 Å². The minimum absolute atomic E-state index is 0.166. The second-order valence-corrected chi connectivity index (χ2v) is 2.30. The first kappa shape index (κ1) is 8.01. The summed E-state index contributed by atoms with van der Waals surface area (Å²) in [5, 5.41) is 0.166. The van der Waals surface area contributed by atoms with Gasteiger partial charge in [-0.3, -0.25) is 0 Å². The summed E-state index contributed by atoms with van der Waals surface area (Å²) >= 11 is 5.57. The van der Waals surface area contributed by atoms with Crippen LogP contribution in [0, 0.1) is 5.82 Å². The van der Waals surface area contributed by atoms with Crippen LogP contribution in [0.15, 0.2) is 12.6 Å². The maximum atomic E-state index is 12.7. The topological polar surface area (TPSA) is 38.9 Å². The summed E-state index contributed by atoms with van der Waals surface area (Å²) in [5.74, 6) is -0.773. The smallest absolute Gasteiger partial charge is 0.165 e. The molecule has 1 heterocycles. The van der Waals surface area contributed by atoms with E-state index >= 15 is 0 Å². The third kappa shape index (κ3) is 1.49. The molecular weight excluding hydrogens is 167 g/mol. The highest BCUT2D eigenvalue weighted by atomic mass is 35.5. The van der Waals surface area contributed by atoms with Crippen LogP contribution in [0.25, 0.3) is 6.08 Å². The van der Waals surface area contributed by atoms with Gasteiger partial charge in [-0.1, -0.05) is 24.3 Å². The van der Waals surface area contributed by atoms with E-state index < -0.39 is 5.82 Å². The molecule has 2 N–H and O–H groups in total. The highest BCUT2D eigenvalue weighted by molar-refractivity contribution is 6.30. The number of hydrogen-bond donors (Lipinski definition) is 1. The number of nitrogen functional groups attached to an aromatic ring is 1. The van der Waals surface area contributed by atoms with Crippen LogP contribution < -0.4 is 5.73 Å². The number of nitrogens with two attached hydrogens (primary N) is 1.